The molecule has 0 aliphatic rings. The van der Waals surface area contributed by atoms with E-state index in [1.54, 1.807) is 44.3 Å². The largest absolute Gasteiger partial charge is 0.497 e. The lowest BCUT2D eigenvalue weighted by Gasteiger charge is -2.21. The van der Waals surface area contributed by atoms with Gasteiger partial charge in [0.25, 0.3) is 0 Å². The second-order valence-electron chi connectivity index (χ2n) is 8.88. The van der Waals surface area contributed by atoms with Crippen LogP contribution in [0.15, 0.2) is 64.3 Å². The first kappa shape index (κ1) is 27.7. The SMILES string of the molecule is COc1ccc(-c2c(Cn3cc(CNC(=O)[C@@H](NS(=O)(=O)c4ccc(F)cc4)C(C)C)nn3)no[n+]2[O-])cc1. The lowest BCUT2D eigenvalue weighted by molar-refractivity contribution is -0.793. The van der Waals surface area contributed by atoms with Gasteiger partial charge < -0.3 is 15.3 Å². The number of methoxy groups -OCH3 is 1. The highest BCUT2D eigenvalue weighted by atomic mass is 32.2. The molecule has 2 aromatic heterocycles. The van der Waals surface area contributed by atoms with E-state index in [1.807, 2.05) is 0 Å². The number of sulfonamides is 1. The summed E-state index contributed by atoms with van der Waals surface area (Å²) in [4.78, 5) is 13.0. The number of aromatic nitrogens is 5. The molecule has 0 aliphatic heterocycles. The van der Waals surface area contributed by atoms with Crippen molar-refractivity contribution < 1.29 is 31.9 Å². The molecule has 0 unspecified atom stereocenters. The first-order valence-electron chi connectivity index (χ1n) is 11.7. The van der Waals surface area contributed by atoms with Crippen LogP contribution in [-0.2, 0) is 27.9 Å². The molecular formula is C24H26FN7O6S. The molecule has 0 saturated heterocycles. The van der Waals surface area contributed by atoms with Gasteiger partial charge in [-0.1, -0.05) is 19.1 Å². The summed E-state index contributed by atoms with van der Waals surface area (Å²) >= 11 is 0. The van der Waals surface area contributed by atoms with Gasteiger partial charge >= 0.3 is 0 Å². The van der Waals surface area contributed by atoms with Gasteiger partial charge in [-0.25, -0.2) is 17.5 Å². The number of amides is 1. The standard InChI is InChI=1S/C24H26FN7O6S/c1-15(2)22(29-39(35,36)20-10-6-17(25)7-11-20)24(33)26-12-18-13-31(30-27-18)14-21-23(32(34)38-28-21)16-4-8-19(37-3)9-5-16/h4-11,13,15,22,29H,12,14H2,1-3H3,(H,26,33)/t22-/m0/s1. The van der Waals surface area contributed by atoms with Gasteiger partial charge in [0.2, 0.25) is 27.3 Å². The van der Waals surface area contributed by atoms with Gasteiger partial charge in [0.1, 0.15) is 29.8 Å². The second-order valence-corrected chi connectivity index (χ2v) is 10.6. The first-order valence-corrected chi connectivity index (χ1v) is 13.2. The van der Waals surface area contributed by atoms with Crippen LogP contribution in [0.3, 0.4) is 0 Å². The van der Waals surface area contributed by atoms with E-state index in [0.717, 1.165) is 24.3 Å². The molecule has 0 fully saturated rings. The Bertz CT molecular complexity index is 1540. The fourth-order valence-corrected chi connectivity index (χ4v) is 5.02. The molecule has 13 nitrogen and oxygen atoms in total. The fraction of sp³-hybridized carbons (Fsp3) is 0.292. The number of rotatable bonds is 11. The van der Waals surface area contributed by atoms with Crippen LogP contribution in [0, 0.1) is 16.9 Å². The number of carbonyl (C=O) groups excluding carboxylic acids is 1. The molecule has 2 aromatic carbocycles. The number of carbonyl (C=O) groups is 1. The molecule has 0 saturated carbocycles. The van der Waals surface area contributed by atoms with Crippen LogP contribution in [0.4, 0.5) is 4.39 Å². The minimum Gasteiger partial charge on any atom is -0.497 e. The van der Waals surface area contributed by atoms with Crippen molar-refractivity contribution in [3.63, 3.8) is 0 Å². The van der Waals surface area contributed by atoms with Crippen LogP contribution in [0.5, 0.6) is 5.75 Å². The molecule has 15 heteroatoms. The number of ether oxygens (including phenoxy) is 1. The lowest BCUT2D eigenvalue weighted by atomic mass is 10.1. The normalized spacial score (nSPS) is 12.4. The Hall–Kier alpha value is -4.37. The smallest absolute Gasteiger partial charge is 0.247 e. The zero-order chi connectivity index (χ0) is 28.2. The van der Waals surface area contributed by atoms with E-state index >= 15 is 0 Å². The Kier molecular flexibility index (Phi) is 8.21. The van der Waals surface area contributed by atoms with Crippen molar-refractivity contribution in [1.82, 2.24) is 30.2 Å². The number of nitrogens with zero attached hydrogens (tertiary/aromatic N) is 5. The van der Waals surface area contributed by atoms with Crippen molar-refractivity contribution in [2.45, 2.75) is 37.9 Å². The molecule has 0 radical (unpaired) electrons. The minimum atomic E-state index is -4.07. The highest BCUT2D eigenvalue weighted by Gasteiger charge is 2.28. The van der Waals surface area contributed by atoms with Crippen molar-refractivity contribution in [1.29, 1.82) is 0 Å². The van der Waals surface area contributed by atoms with Crippen LogP contribution in [0.25, 0.3) is 11.3 Å². The highest BCUT2D eigenvalue weighted by molar-refractivity contribution is 7.89. The van der Waals surface area contributed by atoms with Gasteiger partial charge in [0.15, 0.2) is 0 Å². The van der Waals surface area contributed by atoms with Crippen molar-refractivity contribution in [2.75, 3.05) is 7.11 Å². The topological polar surface area (TPSA) is 168 Å². The van der Waals surface area contributed by atoms with Crippen molar-refractivity contribution in [3.05, 3.63) is 77.1 Å². The summed E-state index contributed by atoms with van der Waals surface area (Å²) in [5.41, 5.74) is 1.47. The number of hydrogen-bond acceptors (Lipinski definition) is 9. The zero-order valence-corrected chi connectivity index (χ0v) is 22.1. The Labute approximate surface area is 223 Å². The summed E-state index contributed by atoms with van der Waals surface area (Å²) < 4.78 is 52.3. The van der Waals surface area contributed by atoms with E-state index in [2.05, 4.69) is 25.5 Å². The quantitative estimate of drug-likeness (QED) is 0.258. The highest BCUT2D eigenvalue weighted by Crippen LogP contribution is 2.22. The Morgan fingerprint density at radius 3 is 2.51 bits per heavy atom. The van der Waals surface area contributed by atoms with Crippen molar-refractivity contribution in [3.8, 4) is 17.0 Å². The molecule has 2 heterocycles. The van der Waals surface area contributed by atoms with Gasteiger partial charge in [-0.15, -0.1) is 5.10 Å². The lowest BCUT2D eigenvalue weighted by Crippen LogP contribution is -2.49. The van der Waals surface area contributed by atoms with Crippen LogP contribution < -0.4 is 19.7 Å². The molecule has 0 aliphatic carbocycles. The molecule has 1 atom stereocenters. The van der Waals surface area contributed by atoms with Gasteiger partial charge in [-0.2, -0.15) is 4.72 Å². The predicted molar refractivity (Wildman–Crippen MR) is 134 cm³/mol. The Morgan fingerprint density at radius 2 is 1.87 bits per heavy atom. The van der Waals surface area contributed by atoms with Crippen LogP contribution in [0.2, 0.25) is 0 Å². The van der Waals surface area contributed by atoms with E-state index in [4.69, 9.17) is 9.37 Å². The van der Waals surface area contributed by atoms with Gasteiger partial charge in [-0.05, 0) is 59.4 Å². The minimum absolute atomic E-state index is 0.0357. The van der Waals surface area contributed by atoms with Gasteiger partial charge in [0.05, 0.1) is 24.7 Å². The van der Waals surface area contributed by atoms with E-state index in [1.165, 1.54) is 11.8 Å². The Balaban J connectivity index is 1.40. The molecule has 206 valence electrons. The maximum absolute atomic E-state index is 13.2. The van der Waals surface area contributed by atoms with Crippen molar-refractivity contribution >= 4 is 15.9 Å². The third-order valence-corrected chi connectivity index (χ3v) is 7.20. The fourth-order valence-electron chi connectivity index (χ4n) is 3.68. The van der Waals surface area contributed by atoms with E-state index in [-0.39, 0.29) is 23.7 Å². The third-order valence-electron chi connectivity index (χ3n) is 5.74. The number of nitrogens with one attached hydrogen (secondary N) is 2. The molecule has 4 aromatic rings. The molecule has 4 rings (SSSR count). The van der Waals surface area contributed by atoms with Crippen molar-refractivity contribution in [2.24, 2.45) is 5.92 Å². The monoisotopic (exact) mass is 559 g/mol. The van der Waals surface area contributed by atoms with Crippen LogP contribution in [-0.4, -0.2) is 47.6 Å². The Morgan fingerprint density at radius 1 is 1.18 bits per heavy atom. The summed E-state index contributed by atoms with van der Waals surface area (Å²) in [6, 6.07) is 9.99. The average Bonchev–Trinajstić information content (AvgIpc) is 3.52. The average molecular weight is 560 g/mol. The summed E-state index contributed by atoms with van der Waals surface area (Å²) in [6.07, 6.45) is 1.55. The molecule has 2 N–H and O–H groups in total. The predicted octanol–water partition coefficient (Wildman–Crippen LogP) is 1.38. The number of hydrogen-bond donors (Lipinski definition) is 2. The summed E-state index contributed by atoms with van der Waals surface area (Å²) in [5.74, 6) is -0.915. The molecule has 1 amide bonds. The molecule has 39 heavy (non-hydrogen) atoms. The van der Waals surface area contributed by atoms with Gasteiger partial charge in [-0.3, -0.25) is 9.42 Å². The zero-order valence-electron chi connectivity index (χ0n) is 21.2. The molecule has 0 bridgehead atoms. The summed E-state index contributed by atoms with van der Waals surface area (Å²) in [6.45, 7) is 3.40. The third kappa shape index (κ3) is 6.56. The maximum Gasteiger partial charge on any atom is 0.247 e. The number of benzene rings is 2. The van der Waals surface area contributed by atoms with E-state index in [9.17, 15) is 22.8 Å². The summed E-state index contributed by atoms with van der Waals surface area (Å²) in [5, 5.41) is 26.7. The molecular weight excluding hydrogens is 533 g/mol. The number of halogens is 1. The van der Waals surface area contributed by atoms with Crippen LogP contribution >= 0.6 is 0 Å². The molecule has 0 spiro atoms. The van der Waals surface area contributed by atoms with Crippen LogP contribution in [0.1, 0.15) is 25.2 Å². The van der Waals surface area contributed by atoms with E-state index < -0.39 is 33.7 Å². The first-order chi connectivity index (χ1) is 18.6. The van der Waals surface area contributed by atoms with E-state index in [0.29, 0.717) is 27.6 Å². The second kappa shape index (κ2) is 11.6. The summed E-state index contributed by atoms with van der Waals surface area (Å²) in [7, 11) is -2.53. The van der Waals surface area contributed by atoms with Gasteiger partial charge in [0, 0.05) is 10.7 Å². The maximum atomic E-state index is 13.2.